The van der Waals surface area contributed by atoms with Crippen molar-refractivity contribution in [3.05, 3.63) is 60.2 Å². The smallest absolute Gasteiger partial charge is 0.359 e. The highest BCUT2D eigenvalue weighted by Gasteiger charge is 2.35. The Balaban J connectivity index is 1.82. The molecule has 2 aromatic rings. The van der Waals surface area contributed by atoms with Gasteiger partial charge in [0.2, 0.25) is 5.91 Å². The molecular weight excluding hydrogens is 306 g/mol. The number of nitrogens with two attached hydrogens (primary N) is 1. The molecule has 0 bridgehead atoms. The molecule has 0 unspecified atom stereocenters. The summed E-state index contributed by atoms with van der Waals surface area (Å²) >= 11 is 0. The van der Waals surface area contributed by atoms with Crippen LogP contribution >= 0.6 is 0 Å². The molecule has 6 heteroatoms. The molecule has 3 rings (SSSR count). The molecule has 1 atom stereocenters. The van der Waals surface area contributed by atoms with E-state index in [9.17, 15) is 9.59 Å². The average molecular weight is 323 g/mol. The molecule has 1 aliphatic rings. The quantitative estimate of drug-likeness (QED) is 0.689. The van der Waals surface area contributed by atoms with Crippen LogP contribution in [0.3, 0.4) is 0 Å². The van der Waals surface area contributed by atoms with Gasteiger partial charge in [-0.3, -0.25) is 9.80 Å². The molecule has 122 valence electrons. The summed E-state index contributed by atoms with van der Waals surface area (Å²) in [6.45, 7) is 1.91. The number of hydrogen-bond acceptors (Lipinski definition) is 5. The van der Waals surface area contributed by atoms with E-state index in [1.807, 2.05) is 31.2 Å². The van der Waals surface area contributed by atoms with E-state index < -0.39 is 17.9 Å². The lowest BCUT2D eigenvalue weighted by Crippen LogP contribution is -2.39. The molecule has 1 aliphatic heterocycles. The Labute approximate surface area is 139 Å². The number of carbonyl (C=O) groups excluding carboxylic acids is 2. The monoisotopic (exact) mass is 323 g/mol. The second-order valence-corrected chi connectivity index (χ2v) is 5.56. The van der Waals surface area contributed by atoms with E-state index in [-0.39, 0.29) is 12.1 Å². The van der Waals surface area contributed by atoms with Gasteiger partial charge in [0, 0.05) is 6.42 Å². The van der Waals surface area contributed by atoms with Crippen LogP contribution < -0.4 is 15.5 Å². The van der Waals surface area contributed by atoms with Crippen molar-refractivity contribution >= 4 is 23.3 Å². The van der Waals surface area contributed by atoms with Crippen molar-refractivity contribution in [2.75, 3.05) is 5.01 Å². The zero-order chi connectivity index (χ0) is 17.1. The number of anilines is 1. The van der Waals surface area contributed by atoms with Gasteiger partial charge in [-0.25, -0.2) is 4.79 Å². The molecule has 0 spiro atoms. The molecule has 6 nitrogen and oxygen atoms in total. The Morgan fingerprint density at radius 3 is 2.58 bits per heavy atom. The van der Waals surface area contributed by atoms with Gasteiger partial charge in [0.05, 0.1) is 5.69 Å². The van der Waals surface area contributed by atoms with Crippen molar-refractivity contribution in [3.8, 4) is 5.75 Å². The number of aryl methyl sites for hydroxylation is 1. The predicted octanol–water partition coefficient (Wildman–Crippen LogP) is 2.02. The number of rotatable bonds is 4. The van der Waals surface area contributed by atoms with Gasteiger partial charge in [-0.1, -0.05) is 30.3 Å². The summed E-state index contributed by atoms with van der Waals surface area (Å²) in [5.41, 5.74) is 7.30. The second kappa shape index (κ2) is 6.54. The summed E-state index contributed by atoms with van der Waals surface area (Å²) in [5, 5.41) is 5.72. The van der Waals surface area contributed by atoms with E-state index >= 15 is 0 Å². The summed E-state index contributed by atoms with van der Waals surface area (Å²) in [7, 11) is 0. The van der Waals surface area contributed by atoms with Gasteiger partial charge in [0.1, 0.15) is 17.5 Å². The van der Waals surface area contributed by atoms with E-state index in [2.05, 4.69) is 5.10 Å². The highest BCUT2D eigenvalue weighted by Crippen LogP contribution is 2.25. The third kappa shape index (κ3) is 3.27. The van der Waals surface area contributed by atoms with E-state index in [1.165, 1.54) is 5.01 Å². The summed E-state index contributed by atoms with van der Waals surface area (Å²) in [4.78, 5) is 24.1. The van der Waals surface area contributed by atoms with Crippen LogP contribution in [0.25, 0.3) is 0 Å². The maximum Gasteiger partial charge on any atom is 0.359 e. The standard InChI is InChI=1S/C18H17N3O3/c1-12-6-5-9-14(10-12)24-18(23)15-11-16(17(19)22)21(20-15)13-7-3-2-4-8-13/h2-10,16H,11H2,1H3,(H2,19,22)/t16-/m0/s1. The van der Waals surface area contributed by atoms with Crippen LogP contribution in [-0.2, 0) is 9.59 Å². The largest absolute Gasteiger partial charge is 0.422 e. The minimum absolute atomic E-state index is 0.120. The van der Waals surface area contributed by atoms with Crippen molar-refractivity contribution < 1.29 is 14.3 Å². The van der Waals surface area contributed by atoms with Gasteiger partial charge in [-0.05, 0) is 36.8 Å². The molecular formula is C18H17N3O3. The van der Waals surface area contributed by atoms with Crippen molar-refractivity contribution in [2.45, 2.75) is 19.4 Å². The molecule has 1 amide bonds. The number of carbonyl (C=O) groups is 2. The van der Waals surface area contributed by atoms with E-state index in [0.717, 1.165) is 5.56 Å². The molecule has 0 saturated carbocycles. The SMILES string of the molecule is Cc1cccc(OC(=O)C2=NN(c3ccccc3)[C@H](C(N)=O)C2)c1. The van der Waals surface area contributed by atoms with E-state index in [4.69, 9.17) is 10.5 Å². The number of hydrazone groups is 1. The maximum atomic E-state index is 12.3. The first kappa shape index (κ1) is 15.7. The summed E-state index contributed by atoms with van der Waals surface area (Å²) in [6, 6.07) is 15.6. The number of hydrogen-bond donors (Lipinski definition) is 1. The number of primary amides is 1. The van der Waals surface area contributed by atoms with Crippen molar-refractivity contribution in [1.29, 1.82) is 0 Å². The lowest BCUT2D eigenvalue weighted by atomic mass is 10.1. The van der Waals surface area contributed by atoms with Gasteiger partial charge < -0.3 is 10.5 Å². The van der Waals surface area contributed by atoms with E-state index in [0.29, 0.717) is 11.4 Å². The number of nitrogens with zero attached hydrogens (tertiary/aromatic N) is 2. The van der Waals surface area contributed by atoms with Crippen LogP contribution in [0.15, 0.2) is 59.7 Å². The van der Waals surface area contributed by atoms with Gasteiger partial charge in [0.15, 0.2) is 0 Å². The topological polar surface area (TPSA) is 85.0 Å². The van der Waals surface area contributed by atoms with Crippen LogP contribution in [0.5, 0.6) is 5.75 Å². The first-order valence-corrected chi connectivity index (χ1v) is 7.54. The number of para-hydroxylation sites is 1. The first-order chi connectivity index (χ1) is 11.5. The Bertz CT molecular complexity index is 802. The van der Waals surface area contributed by atoms with Crippen molar-refractivity contribution in [2.24, 2.45) is 10.8 Å². The Hall–Kier alpha value is -3.15. The summed E-state index contributed by atoms with van der Waals surface area (Å²) in [5.74, 6) is -0.678. The van der Waals surface area contributed by atoms with Crippen molar-refractivity contribution in [1.82, 2.24) is 0 Å². The fourth-order valence-electron chi connectivity index (χ4n) is 2.52. The molecule has 2 N–H and O–H groups in total. The molecule has 0 radical (unpaired) electrons. The Kier molecular flexibility index (Phi) is 4.29. The molecule has 24 heavy (non-hydrogen) atoms. The highest BCUT2D eigenvalue weighted by molar-refractivity contribution is 6.38. The maximum absolute atomic E-state index is 12.3. The number of benzene rings is 2. The van der Waals surface area contributed by atoms with Crippen LogP contribution in [0, 0.1) is 6.92 Å². The van der Waals surface area contributed by atoms with Crippen LogP contribution in [0.2, 0.25) is 0 Å². The Morgan fingerprint density at radius 2 is 1.92 bits per heavy atom. The second-order valence-electron chi connectivity index (χ2n) is 5.56. The van der Waals surface area contributed by atoms with Crippen LogP contribution in [-0.4, -0.2) is 23.6 Å². The summed E-state index contributed by atoms with van der Waals surface area (Å²) in [6.07, 6.45) is 0.120. The molecule has 0 aromatic heterocycles. The molecule has 2 aromatic carbocycles. The first-order valence-electron chi connectivity index (χ1n) is 7.54. The lowest BCUT2D eigenvalue weighted by Gasteiger charge is -2.20. The minimum Gasteiger partial charge on any atom is -0.422 e. The zero-order valence-corrected chi connectivity index (χ0v) is 13.2. The fraction of sp³-hybridized carbons (Fsp3) is 0.167. The van der Waals surface area contributed by atoms with Gasteiger partial charge in [0.25, 0.3) is 0 Å². The van der Waals surface area contributed by atoms with Crippen LogP contribution in [0.1, 0.15) is 12.0 Å². The number of ether oxygens (including phenoxy) is 1. The normalized spacial score (nSPS) is 16.6. The van der Waals surface area contributed by atoms with Gasteiger partial charge >= 0.3 is 5.97 Å². The highest BCUT2D eigenvalue weighted by atomic mass is 16.5. The van der Waals surface area contributed by atoms with Gasteiger partial charge in [-0.15, -0.1) is 0 Å². The Morgan fingerprint density at radius 1 is 1.17 bits per heavy atom. The summed E-state index contributed by atoms with van der Waals surface area (Å²) < 4.78 is 5.34. The molecule has 0 fully saturated rings. The van der Waals surface area contributed by atoms with E-state index in [1.54, 1.807) is 30.3 Å². The number of amides is 1. The zero-order valence-electron chi connectivity index (χ0n) is 13.2. The number of esters is 1. The predicted molar refractivity (Wildman–Crippen MR) is 90.8 cm³/mol. The van der Waals surface area contributed by atoms with Crippen molar-refractivity contribution in [3.63, 3.8) is 0 Å². The molecule has 1 heterocycles. The molecule has 0 saturated heterocycles. The fourth-order valence-corrected chi connectivity index (χ4v) is 2.52. The molecule has 0 aliphatic carbocycles. The minimum atomic E-state index is -0.701. The van der Waals surface area contributed by atoms with Gasteiger partial charge in [-0.2, -0.15) is 5.10 Å². The third-order valence-electron chi connectivity index (χ3n) is 3.70. The lowest BCUT2D eigenvalue weighted by molar-refractivity contribution is -0.127. The third-order valence-corrected chi connectivity index (χ3v) is 3.70. The van der Waals surface area contributed by atoms with Crippen LogP contribution in [0.4, 0.5) is 5.69 Å². The average Bonchev–Trinajstić information content (AvgIpc) is 3.01.